The van der Waals surface area contributed by atoms with Crippen LogP contribution >= 0.6 is 0 Å². The predicted octanol–water partition coefficient (Wildman–Crippen LogP) is 3.97. The number of benzene rings is 1. The molecule has 0 bridgehead atoms. The summed E-state index contributed by atoms with van der Waals surface area (Å²) in [6, 6.07) is 10.6. The van der Waals surface area contributed by atoms with Crippen molar-refractivity contribution in [3.63, 3.8) is 0 Å². The van der Waals surface area contributed by atoms with E-state index in [1.165, 1.54) is 31.2 Å². The van der Waals surface area contributed by atoms with E-state index >= 15 is 0 Å². The summed E-state index contributed by atoms with van der Waals surface area (Å²) < 4.78 is 6.20. The maximum Gasteiger partial charge on any atom is 0.0658 e. The Hall–Kier alpha value is -0.820. The molecule has 0 aromatic heterocycles. The van der Waals surface area contributed by atoms with Crippen LogP contribution in [0.1, 0.15) is 45.1 Å². The normalized spacial score (nSPS) is 20.9. The molecule has 1 saturated carbocycles. The van der Waals surface area contributed by atoms with E-state index < -0.39 is 0 Å². The van der Waals surface area contributed by atoms with Crippen LogP contribution in [0.25, 0.3) is 0 Å². The molecule has 88 valence electrons. The van der Waals surface area contributed by atoms with Crippen molar-refractivity contribution in [2.45, 2.75) is 57.7 Å². The van der Waals surface area contributed by atoms with Crippen LogP contribution in [-0.4, -0.2) is 11.7 Å². The van der Waals surface area contributed by atoms with Crippen LogP contribution in [-0.2, 0) is 11.2 Å². The summed E-state index contributed by atoms with van der Waals surface area (Å²) >= 11 is 0. The van der Waals surface area contributed by atoms with Gasteiger partial charge in [0.05, 0.1) is 11.7 Å². The fourth-order valence-electron chi connectivity index (χ4n) is 2.71. The summed E-state index contributed by atoms with van der Waals surface area (Å²) in [6.45, 7) is 4.46. The fourth-order valence-corrected chi connectivity index (χ4v) is 2.71. The van der Waals surface area contributed by atoms with Crippen molar-refractivity contribution in [3.8, 4) is 0 Å². The van der Waals surface area contributed by atoms with Crippen molar-refractivity contribution in [1.29, 1.82) is 0 Å². The molecule has 1 unspecified atom stereocenters. The molecule has 0 N–H and O–H groups in total. The van der Waals surface area contributed by atoms with Gasteiger partial charge in [0.25, 0.3) is 0 Å². The summed E-state index contributed by atoms with van der Waals surface area (Å²) in [5, 5.41) is 0. The Morgan fingerprint density at radius 2 is 1.81 bits per heavy atom. The van der Waals surface area contributed by atoms with E-state index in [1.807, 2.05) is 0 Å². The smallest absolute Gasteiger partial charge is 0.0658 e. The lowest BCUT2D eigenvalue weighted by Gasteiger charge is -2.28. The van der Waals surface area contributed by atoms with Crippen molar-refractivity contribution in [3.05, 3.63) is 35.9 Å². The Bertz CT molecular complexity index is 311. The third kappa shape index (κ3) is 3.08. The molecule has 0 amide bonds. The standard InChI is InChI=1S/C15H22O/c1-13(12-14-8-4-3-5-9-14)16-15(2)10-6-7-11-15/h3-5,8-9,13H,6-7,10-12H2,1-2H3. The van der Waals surface area contributed by atoms with E-state index in [9.17, 15) is 0 Å². The van der Waals surface area contributed by atoms with Gasteiger partial charge in [-0.05, 0) is 38.7 Å². The van der Waals surface area contributed by atoms with Crippen LogP contribution in [0.3, 0.4) is 0 Å². The minimum Gasteiger partial charge on any atom is -0.372 e. The number of hydrogen-bond donors (Lipinski definition) is 0. The highest BCUT2D eigenvalue weighted by atomic mass is 16.5. The molecule has 0 radical (unpaired) electrons. The molecule has 1 nitrogen and oxygen atoms in total. The van der Waals surface area contributed by atoms with E-state index in [1.54, 1.807) is 0 Å². The van der Waals surface area contributed by atoms with Crippen LogP contribution in [0, 0.1) is 0 Å². The highest BCUT2D eigenvalue weighted by Gasteiger charge is 2.30. The minimum atomic E-state index is 0.147. The molecule has 1 aliphatic rings. The zero-order valence-electron chi connectivity index (χ0n) is 10.4. The van der Waals surface area contributed by atoms with Crippen LogP contribution < -0.4 is 0 Å². The molecule has 0 saturated heterocycles. The first-order chi connectivity index (χ1) is 7.68. The molecule has 16 heavy (non-hydrogen) atoms. The third-order valence-electron chi connectivity index (χ3n) is 3.51. The largest absolute Gasteiger partial charge is 0.372 e. The first kappa shape index (κ1) is 11.7. The monoisotopic (exact) mass is 218 g/mol. The highest BCUT2D eigenvalue weighted by Crippen LogP contribution is 2.33. The van der Waals surface area contributed by atoms with E-state index in [2.05, 4.69) is 44.2 Å². The molecule has 1 aromatic carbocycles. The zero-order valence-corrected chi connectivity index (χ0v) is 10.4. The molecular formula is C15H22O. The zero-order chi connectivity index (χ0) is 11.4. The molecule has 1 fully saturated rings. The Morgan fingerprint density at radius 1 is 1.19 bits per heavy atom. The third-order valence-corrected chi connectivity index (χ3v) is 3.51. The highest BCUT2D eigenvalue weighted by molar-refractivity contribution is 5.15. The van der Waals surface area contributed by atoms with Gasteiger partial charge in [-0.2, -0.15) is 0 Å². The van der Waals surface area contributed by atoms with E-state index in [4.69, 9.17) is 4.74 Å². The Morgan fingerprint density at radius 3 is 2.44 bits per heavy atom. The second kappa shape index (κ2) is 5.01. The van der Waals surface area contributed by atoms with Gasteiger partial charge in [-0.1, -0.05) is 43.2 Å². The van der Waals surface area contributed by atoms with Gasteiger partial charge in [0, 0.05) is 0 Å². The molecule has 0 heterocycles. The molecule has 2 rings (SSSR count). The quantitative estimate of drug-likeness (QED) is 0.743. The van der Waals surface area contributed by atoms with Crippen molar-refractivity contribution in [2.24, 2.45) is 0 Å². The SMILES string of the molecule is CC(Cc1ccccc1)OC1(C)CCCC1. The van der Waals surface area contributed by atoms with Crippen molar-refractivity contribution < 1.29 is 4.74 Å². The molecule has 0 spiro atoms. The Kier molecular flexibility index (Phi) is 3.65. The van der Waals surface area contributed by atoms with Gasteiger partial charge in [0.2, 0.25) is 0 Å². The average Bonchev–Trinajstić information content (AvgIpc) is 2.66. The van der Waals surface area contributed by atoms with Gasteiger partial charge in [-0.15, -0.1) is 0 Å². The maximum atomic E-state index is 6.20. The lowest BCUT2D eigenvalue weighted by atomic mass is 10.0. The number of hydrogen-bond acceptors (Lipinski definition) is 1. The van der Waals surface area contributed by atoms with Crippen molar-refractivity contribution in [1.82, 2.24) is 0 Å². The van der Waals surface area contributed by atoms with Crippen LogP contribution in [0.15, 0.2) is 30.3 Å². The van der Waals surface area contributed by atoms with E-state index in [-0.39, 0.29) is 5.60 Å². The second-order valence-corrected chi connectivity index (χ2v) is 5.28. The van der Waals surface area contributed by atoms with Crippen LogP contribution in [0.4, 0.5) is 0 Å². The predicted molar refractivity (Wildman–Crippen MR) is 67.6 cm³/mol. The van der Waals surface area contributed by atoms with Gasteiger partial charge >= 0.3 is 0 Å². The summed E-state index contributed by atoms with van der Waals surface area (Å²) in [7, 11) is 0. The summed E-state index contributed by atoms with van der Waals surface area (Å²) in [4.78, 5) is 0. The van der Waals surface area contributed by atoms with Crippen LogP contribution in [0.2, 0.25) is 0 Å². The van der Waals surface area contributed by atoms with Crippen LogP contribution in [0.5, 0.6) is 0 Å². The first-order valence-electron chi connectivity index (χ1n) is 6.40. The lowest BCUT2D eigenvalue weighted by Crippen LogP contribution is -2.30. The van der Waals surface area contributed by atoms with Gasteiger partial charge in [0.1, 0.15) is 0 Å². The average molecular weight is 218 g/mol. The second-order valence-electron chi connectivity index (χ2n) is 5.28. The fraction of sp³-hybridized carbons (Fsp3) is 0.600. The lowest BCUT2D eigenvalue weighted by molar-refractivity contribution is -0.0701. The van der Waals surface area contributed by atoms with E-state index in [0.29, 0.717) is 6.10 Å². The molecule has 0 aliphatic heterocycles. The maximum absolute atomic E-state index is 6.20. The number of rotatable bonds is 4. The molecule has 1 aromatic rings. The minimum absolute atomic E-state index is 0.147. The van der Waals surface area contributed by atoms with Crippen molar-refractivity contribution >= 4 is 0 Å². The summed E-state index contributed by atoms with van der Waals surface area (Å²) in [6.07, 6.45) is 6.46. The molecule has 1 heteroatoms. The number of ether oxygens (including phenoxy) is 1. The molecule has 1 atom stereocenters. The molecular weight excluding hydrogens is 196 g/mol. The van der Waals surface area contributed by atoms with Gasteiger partial charge < -0.3 is 4.74 Å². The van der Waals surface area contributed by atoms with Gasteiger partial charge in [-0.3, -0.25) is 0 Å². The Balaban J connectivity index is 1.86. The van der Waals surface area contributed by atoms with E-state index in [0.717, 1.165) is 6.42 Å². The summed E-state index contributed by atoms with van der Waals surface area (Å²) in [5.41, 5.74) is 1.52. The topological polar surface area (TPSA) is 9.23 Å². The summed E-state index contributed by atoms with van der Waals surface area (Å²) in [5.74, 6) is 0. The van der Waals surface area contributed by atoms with Gasteiger partial charge in [0.15, 0.2) is 0 Å². The Labute approximate surface area is 98.8 Å². The van der Waals surface area contributed by atoms with Crippen molar-refractivity contribution in [2.75, 3.05) is 0 Å². The molecule has 1 aliphatic carbocycles. The first-order valence-corrected chi connectivity index (χ1v) is 6.40. The van der Waals surface area contributed by atoms with Gasteiger partial charge in [-0.25, -0.2) is 0 Å².